The van der Waals surface area contributed by atoms with E-state index in [4.69, 9.17) is 5.11 Å². The minimum absolute atomic E-state index is 0.0400. The van der Waals surface area contributed by atoms with Gasteiger partial charge >= 0.3 is 11.7 Å². The van der Waals surface area contributed by atoms with Crippen LogP contribution in [0.1, 0.15) is 23.4 Å². The Morgan fingerprint density at radius 3 is 2.68 bits per heavy atom. The molecule has 1 aromatic heterocycles. The molecule has 2 rings (SSSR count). The standard InChI is InChI=1S/C16H18N4O5/c1-10-16(20(24)25)11(2)19(18-10)7-6-14(21)17-13-5-3-4-12(8-13)9-15(22)23/h3-5,8H,6-7,9H2,1-2H3,(H,17,21)(H,22,23). The largest absolute Gasteiger partial charge is 0.481 e. The molecule has 0 unspecified atom stereocenters. The maximum Gasteiger partial charge on any atom is 0.312 e. The Morgan fingerprint density at radius 1 is 1.36 bits per heavy atom. The first-order chi connectivity index (χ1) is 11.8. The molecule has 0 saturated heterocycles. The van der Waals surface area contributed by atoms with E-state index in [1.54, 1.807) is 38.1 Å². The number of carboxylic acid groups (broad SMARTS) is 1. The Hall–Kier alpha value is -3.23. The van der Waals surface area contributed by atoms with Crippen LogP contribution in [0, 0.1) is 24.0 Å². The predicted octanol–water partition coefficient (Wildman–Crippen LogP) is 2.06. The number of anilines is 1. The molecular weight excluding hydrogens is 328 g/mol. The van der Waals surface area contributed by atoms with Crippen molar-refractivity contribution >= 4 is 23.3 Å². The quantitative estimate of drug-likeness (QED) is 0.583. The van der Waals surface area contributed by atoms with Gasteiger partial charge in [-0.3, -0.25) is 24.4 Å². The number of rotatable bonds is 7. The monoisotopic (exact) mass is 346 g/mol. The van der Waals surface area contributed by atoms with Crippen LogP contribution < -0.4 is 5.32 Å². The number of carbonyl (C=O) groups is 2. The zero-order valence-corrected chi connectivity index (χ0v) is 13.9. The molecule has 0 aliphatic carbocycles. The van der Waals surface area contributed by atoms with Crippen molar-refractivity contribution in [2.45, 2.75) is 33.2 Å². The van der Waals surface area contributed by atoms with Crippen LogP contribution in [0.3, 0.4) is 0 Å². The Kier molecular flexibility index (Phi) is 5.48. The van der Waals surface area contributed by atoms with Gasteiger partial charge in [-0.2, -0.15) is 5.10 Å². The molecule has 25 heavy (non-hydrogen) atoms. The second-order valence-electron chi connectivity index (χ2n) is 5.57. The summed E-state index contributed by atoms with van der Waals surface area (Å²) in [6, 6.07) is 6.59. The summed E-state index contributed by atoms with van der Waals surface area (Å²) in [5, 5.41) is 26.5. The molecule has 0 saturated carbocycles. The van der Waals surface area contributed by atoms with E-state index in [0.717, 1.165) is 0 Å². The molecule has 0 spiro atoms. The fraction of sp³-hybridized carbons (Fsp3) is 0.312. The number of carboxylic acids is 1. The first-order valence-electron chi connectivity index (χ1n) is 7.57. The molecular formula is C16H18N4O5. The lowest BCUT2D eigenvalue weighted by molar-refractivity contribution is -0.386. The van der Waals surface area contributed by atoms with Crippen LogP contribution in [0.4, 0.5) is 11.4 Å². The molecule has 0 bridgehead atoms. The Balaban J connectivity index is 1.99. The molecule has 132 valence electrons. The van der Waals surface area contributed by atoms with Gasteiger partial charge in [-0.1, -0.05) is 12.1 Å². The van der Waals surface area contributed by atoms with Crippen LogP contribution in [0.2, 0.25) is 0 Å². The number of aromatic nitrogens is 2. The number of aryl methyl sites for hydroxylation is 2. The summed E-state index contributed by atoms with van der Waals surface area (Å²) in [6.45, 7) is 3.35. The molecule has 0 fully saturated rings. The molecule has 2 aromatic rings. The van der Waals surface area contributed by atoms with Gasteiger partial charge in [0.05, 0.1) is 17.9 Å². The van der Waals surface area contributed by atoms with Crippen LogP contribution >= 0.6 is 0 Å². The summed E-state index contributed by atoms with van der Waals surface area (Å²) in [5.74, 6) is -1.24. The highest BCUT2D eigenvalue weighted by atomic mass is 16.6. The normalized spacial score (nSPS) is 10.5. The zero-order chi connectivity index (χ0) is 18.6. The minimum atomic E-state index is -0.949. The number of benzene rings is 1. The van der Waals surface area contributed by atoms with Gasteiger partial charge in [-0.15, -0.1) is 0 Å². The van der Waals surface area contributed by atoms with Crippen molar-refractivity contribution in [3.05, 3.63) is 51.3 Å². The highest BCUT2D eigenvalue weighted by Crippen LogP contribution is 2.22. The van der Waals surface area contributed by atoms with Crippen LogP contribution in [-0.4, -0.2) is 31.7 Å². The fourth-order valence-corrected chi connectivity index (χ4v) is 2.53. The van der Waals surface area contributed by atoms with E-state index < -0.39 is 10.9 Å². The summed E-state index contributed by atoms with van der Waals surface area (Å²) in [4.78, 5) is 33.3. The Bertz CT molecular complexity index is 828. The third-order valence-corrected chi connectivity index (χ3v) is 3.64. The second-order valence-corrected chi connectivity index (χ2v) is 5.57. The average molecular weight is 346 g/mol. The number of nitrogens with zero attached hydrogens (tertiary/aromatic N) is 3. The number of nitrogens with one attached hydrogen (secondary N) is 1. The van der Waals surface area contributed by atoms with Crippen molar-refractivity contribution in [2.24, 2.45) is 0 Å². The van der Waals surface area contributed by atoms with Gasteiger partial charge in [0.25, 0.3) is 0 Å². The molecule has 0 aliphatic heterocycles. The Labute approximate surface area is 143 Å². The van der Waals surface area contributed by atoms with Crippen molar-refractivity contribution in [1.29, 1.82) is 0 Å². The number of hydrogen-bond acceptors (Lipinski definition) is 5. The number of hydrogen-bond donors (Lipinski definition) is 2. The van der Waals surface area contributed by atoms with E-state index in [0.29, 0.717) is 22.6 Å². The number of carbonyl (C=O) groups excluding carboxylic acids is 1. The van der Waals surface area contributed by atoms with Crippen LogP contribution in [-0.2, 0) is 22.6 Å². The van der Waals surface area contributed by atoms with Gasteiger partial charge in [0.15, 0.2) is 0 Å². The summed E-state index contributed by atoms with van der Waals surface area (Å²) in [6.07, 6.45) is -0.0403. The van der Waals surface area contributed by atoms with Gasteiger partial charge < -0.3 is 10.4 Å². The van der Waals surface area contributed by atoms with E-state index in [1.165, 1.54) is 4.68 Å². The molecule has 1 heterocycles. The van der Waals surface area contributed by atoms with E-state index >= 15 is 0 Å². The van der Waals surface area contributed by atoms with E-state index in [2.05, 4.69) is 10.4 Å². The molecule has 1 amide bonds. The van der Waals surface area contributed by atoms with Crippen molar-refractivity contribution < 1.29 is 19.6 Å². The molecule has 9 heteroatoms. The predicted molar refractivity (Wildman–Crippen MR) is 89.4 cm³/mol. The average Bonchev–Trinajstić information content (AvgIpc) is 2.79. The van der Waals surface area contributed by atoms with Gasteiger partial charge in [0.2, 0.25) is 5.91 Å². The fourth-order valence-electron chi connectivity index (χ4n) is 2.53. The summed E-state index contributed by atoms with van der Waals surface area (Å²) >= 11 is 0. The van der Waals surface area contributed by atoms with Crippen molar-refractivity contribution in [3.8, 4) is 0 Å². The molecule has 2 N–H and O–H groups in total. The highest BCUT2D eigenvalue weighted by molar-refractivity contribution is 5.90. The third kappa shape index (κ3) is 4.63. The number of aliphatic carboxylic acids is 1. The zero-order valence-electron chi connectivity index (χ0n) is 13.9. The van der Waals surface area contributed by atoms with E-state index in [9.17, 15) is 19.7 Å². The second kappa shape index (κ2) is 7.56. The molecule has 0 radical (unpaired) electrons. The first kappa shape index (κ1) is 18.1. The first-order valence-corrected chi connectivity index (χ1v) is 7.57. The molecule has 0 aliphatic rings. The highest BCUT2D eigenvalue weighted by Gasteiger charge is 2.21. The van der Waals surface area contributed by atoms with Crippen molar-refractivity contribution in [2.75, 3.05) is 5.32 Å². The van der Waals surface area contributed by atoms with Gasteiger partial charge in [0.1, 0.15) is 11.4 Å². The smallest absolute Gasteiger partial charge is 0.312 e. The molecule has 0 atom stereocenters. The lowest BCUT2D eigenvalue weighted by Crippen LogP contribution is -2.16. The van der Waals surface area contributed by atoms with Gasteiger partial charge in [0, 0.05) is 12.1 Å². The lowest BCUT2D eigenvalue weighted by atomic mass is 10.1. The number of amides is 1. The summed E-state index contributed by atoms with van der Waals surface area (Å²) in [7, 11) is 0. The van der Waals surface area contributed by atoms with E-state index in [1.807, 2.05) is 0 Å². The van der Waals surface area contributed by atoms with Crippen molar-refractivity contribution in [1.82, 2.24) is 9.78 Å². The topological polar surface area (TPSA) is 127 Å². The maximum absolute atomic E-state index is 12.1. The Morgan fingerprint density at radius 2 is 2.08 bits per heavy atom. The van der Waals surface area contributed by atoms with Gasteiger partial charge in [-0.05, 0) is 31.5 Å². The number of nitro groups is 1. The van der Waals surface area contributed by atoms with E-state index in [-0.39, 0.29) is 31.0 Å². The third-order valence-electron chi connectivity index (χ3n) is 3.64. The molecule has 1 aromatic carbocycles. The van der Waals surface area contributed by atoms with Crippen LogP contribution in [0.15, 0.2) is 24.3 Å². The van der Waals surface area contributed by atoms with Crippen LogP contribution in [0.5, 0.6) is 0 Å². The summed E-state index contributed by atoms with van der Waals surface area (Å²) in [5.41, 5.74) is 1.76. The minimum Gasteiger partial charge on any atom is -0.481 e. The van der Waals surface area contributed by atoms with Crippen LogP contribution in [0.25, 0.3) is 0 Å². The van der Waals surface area contributed by atoms with Gasteiger partial charge in [-0.25, -0.2) is 0 Å². The summed E-state index contributed by atoms with van der Waals surface area (Å²) < 4.78 is 1.44. The molecule has 9 nitrogen and oxygen atoms in total. The lowest BCUT2D eigenvalue weighted by Gasteiger charge is -2.07. The van der Waals surface area contributed by atoms with Crippen molar-refractivity contribution in [3.63, 3.8) is 0 Å². The maximum atomic E-state index is 12.1. The SMILES string of the molecule is Cc1nn(CCC(=O)Nc2cccc(CC(=O)O)c2)c(C)c1[N+](=O)[O-].